The van der Waals surface area contributed by atoms with Crippen molar-refractivity contribution in [2.75, 3.05) is 19.2 Å². The number of anilines is 1. The van der Waals surface area contributed by atoms with Gasteiger partial charge in [0.25, 0.3) is 0 Å². The highest BCUT2D eigenvalue weighted by atomic mass is 16.5. The highest BCUT2D eigenvalue weighted by molar-refractivity contribution is 5.41. The Morgan fingerprint density at radius 3 is 2.73 bits per heavy atom. The summed E-state index contributed by atoms with van der Waals surface area (Å²) >= 11 is 0. The third kappa shape index (κ3) is 1.71. The molecule has 0 unspecified atom stereocenters. The number of hydrogen-bond donors (Lipinski definition) is 1. The second-order valence-corrected chi connectivity index (χ2v) is 2.33. The van der Waals surface area contributed by atoms with Crippen molar-refractivity contribution < 1.29 is 9.26 Å². The van der Waals surface area contributed by atoms with Gasteiger partial charge < -0.3 is 14.6 Å². The van der Waals surface area contributed by atoms with Crippen LogP contribution in [0.5, 0.6) is 0 Å². The van der Waals surface area contributed by atoms with Crippen LogP contribution in [0.1, 0.15) is 11.3 Å². The lowest BCUT2D eigenvalue weighted by atomic mass is 10.3. The molecule has 0 aliphatic rings. The average molecular weight is 156 g/mol. The molecule has 4 nitrogen and oxygen atoms in total. The highest BCUT2D eigenvalue weighted by Gasteiger charge is 2.05. The largest absolute Gasteiger partial charge is 0.364 e. The molecule has 1 aromatic heterocycles. The summed E-state index contributed by atoms with van der Waals surface area (Å²) in [5.41, 5.74) is 1.94. The van der Waals surface area contributed by atoms with Gasteiger partial charge in [0.1, 0.15) is 6.73 Å². The predicted octanol–water partition coefficient (Wildman–Crippen LogP) is 1.31. The molecular weight excluding hydrogens is 144 g/mol. The van der Waals surface area contributed by atoms with Gasteiger partial charge in [-0.1, -0.05) is 5.16 Å². The van der Waals surface area contributed by atoms with Gasteiger partial charge in [-0.05, 0) is 13.8 Å². The van der Waals surface area contributed by atoms with Crippen LogP contribution in [0.15, 0.2) is 4.52 Å². The molecule has 0 bridgehead atoms. The molecule has 1 heterocycles. The van der Waals surface area contributed by atoms with E-state index >= 15 is 0 Å². The minimum Gasteiger partial charge on any atom is -0.364 e. The Hall–Kier alpha value is -1.03. The molecule has 0 saturated heterocycles. The summed E-state index contributed by atoms with van der Waals surface area (Å²) in [4.78, 5) is 0. The van der Waals surface area contributed by atoms with Crippen LogP contribution in [0.2, 0.25) is 0 Å². The molecule has 0 aromatic carbocycles. The van der Waals surface area contributed by atoms with Crippen LogP contribution in [0, 0.1) is 13.8 Å². The molecule has 1 aromatic rings. The van der Waals surface area contributed by atoms with E-state index in [0.29, 0.717) is 12.6 Å². The Labute approximate surface area is 65.5 Å². The van der Waals surface area contributed by atoms with Crippen molar-refractivity contribution in [1.82, 2.24) is 5.16 Å². The fourth-order valence-corrected chi connectivity index (χ4v) is 0.718. The first-order chi connectivity index (χ1) is 5.25. The molecule has 62 valence electrons. The molecule has 0 aliphatic heterocycles. The number of nitrogens with zero attached hydrogens (tertiary/aromatic N) is 1. The summed E-state index contributed by atoms with van der Waals surface area (Å²) in [7, 11) is 1.62. The lowest BCUT2D eigenvalue weighted by Gasteiger charge is -1.99. The van der Waals surface area contributed by atoms with Gasteiger partial charge in [0.2, 0.25) is 5.88 Å². The lowest BCUT2D eigenvalue weighted by Crippen LogP contribution is -2.02. The minimum absolute atomic E-state index is 0.440. The first kappa shape index (κ1) is 8.07. The predicted molar refractivity (Wildman–Crippen MR) is 41.5 cm³/mol. The third-order valence-corrected chi connectivity index (χ3v) is 1.53. The summed E-state index contributed by atoms with van der Waals surface area (Å²) in [5.74, 6) is 0.685. The van der Waals surface area contributed by atoms with Gasteiger partial charge in [-0.15, -0.1) is 0 Å². The van der Waals surface area contributed by atoms with Crippen LogP contribution in [0.25, 0.3) is 0 Å². The second-order valence-electron chi connectivity index (χ2n) is 2.33. The van der Waals surface area contributed by atoms with Crippen molar-refractivity contribution in [1.29, 1.82) is 0 Å². The first-order valence-corrected chi connectivity index (χ1v) is 3.41. The van der Waals surface area contributed by atoms with E-state index in [1.165, 1.54) is 0 Å². The summed E-state index contributed by atoms with van der Waals surface area (Å²) in [6, 6.07) is 0. The minimum atomic E-state index is 0.440. The van der Waals surface area contributed by atoms with E-state index in [1.807, 2.05) is 13.8 Å². The van der Waals surface area contributed by atoms with Gasteiger partial charge in [0, 0.05) is 12.7 Å². The van der Waals surface area contributed by atoms with Gasteiger partial charge in [-0.3, -0.25) is 0 Å². The molecule has 0 spiro atoms. The second kappa shape index (κ2) is 3.39. The van der Waals surface area contributed by atoms with Crippen LogP contribution in [0.4, 0.5) is 5.88 Å². The number of nitrogens with one attached hydrogen (secondary N) is 1. The standard InChI is InChI=1S/C7H12N2O2/c1-5-6(2)9-11-7(5)8-4-10-3/h8H,4H2,1-3H3. The third-order valence-electron chi connectivity index (χ3n) is 1.53. The van der Waals surface area contributed by atoms with E-state index in [4.69, 9.17) is 9.26 Å². The number of ether oxygens (including phenoxy) is 1. The summed E-state index contributed by atoms with van der Waals surface area (Å²) in [5, 5.41) is 6.71. The topological polar surface area (TPSA) is 47.3 Å². The van der Waals surface area contributed by atoms with E-state index in [1.54, 1.807) is 7.11 Å². The molecule has 0 saturated carbocycles. The SMILES string of the molecule is COCNc1onc(C)c1C. The quantitative estimate of drug-likeness (QED) is 0.670. The smallest absolute Gasteiger partial charge is 0.229 e. The monoisotopic (exact) mass is 156 g/mol. The van der Waals surface area contributed by atoms with Gasteiger partial charge in [-0.2, -0.15) is 0 Å². The van der Waals surface area contributed by atoms with Crippen LogP contribution < -0.4 is 5.32 Å². The summed E-state index contributed by atoms with van der Waals surface area (Å²) in [6.07, 6.45) is 0. The van der Waals surface area contributed by atoms with Crippen LogP contribution in [-0.4, -0.2) is 19.0 Å². The number of hydrogen-bond acceptors (Lipinski definition) is 4. The molecule has 0 atom stereocenters. The zero-order valence-corrected chi connectivity index (χ0v) is 6.97. The Morgan fingerprint density at radius 2 is 2.27 bits per heavy atom. The van der Waals surface area contributed by atoms with Crippen molar-refractivity contribution in [2.45, 2.75) is 13.8 Å². The van der Waals surface area contributed by atoms with Gasteiger partial charge >= 0.3 is 0 Å². The molecule has 0 amide bonds. The Kier molecular flexibility index (Phi) is 2.48. The normalized spacial score (nSPS) is 10.1. The molecule has 0 fully saturated rings. The van der Waals surface area contributed by atoms with Crippen molar-refractivity contribution in [3.05, 3.63) is 11.3 Å². The number of aromatic nitrogens is 1. The van der Waals surface area contributed by atoms with Gasteiger partial charge in [0.05, 0.1) is 5.69 Å². The average Bonchev–Trinajstić information content (AvgIpc) is 2.31. The van der Waals surface area contributed by atoms with Gasteiger partial charge in [-0.25, -0.2) is 0 Å². The van der Waals surface area contributed by atoms with Crippen molar-refractivity contribution in [2.24, 2.45) is 0 Å². The van der Waals surface area contributed by atoms with E-state index in [0.717, 1.165) is 11.3 Å². The van der Waals surface area contributed by atoms with Crippen molar-refractivity contribution in [3.63, 3.8) is 0 Å². The van der Waals surface area contributed by atoms with Crippen LogP contribution >= 0.6 is 0 Å². The van der Waals surface area contributed by atoms with Gasteiger partial charge in [0.15, 0.2) is 0 Å². The lowest BCUT2D eigenvalue weighted by molar-refractivity contribution is 0.217. The molecule has 1 N–H and O–H groups in total. The fourth-order valence-electron chi connectivity index (χ4n) is 0.718. The first-order valence-electron chi connectivity index (χ1n) is 3.41. The Morgan fingerprint density at radius 1 is 1.55 bits per heavy atom. The Balaban J connectivity index is 2.63. The van der Waals surface area contributed by atoms with E-state index in [2.05, 4.69) is 10.5 Å². The maximum atomic E-state index is 4.96. The molecule has 4 heteroatoms. The molecule has 11 heavy (non-hydrogen) atoms. The molecular formula is C7H12N2O2. The summed E-state index contributed by atoms with van der Waals surface area (Å²) in [6.45, 7) is 4.29. The van der Waals surface area contributed by atoms with Crippen LogP contribution in [-0.2, 0) is 4.74 Å². The number of rotatable bonds is 3. The molecule has 0 radical (unpaired) electrons. The zero-order valence-electron chi connectivity index (χ0n) is 6.97. The van der Waals surface area contributed by atoms with Crippen molar-refractivity contribution in [3.8, 4) is 0 Å². The van der Waals surface area contributed by atoms with E-state index < -0.39 is 0 Å². The van der Waals surface area contributed by atoms with Crippen molar-refractivity contribution >= 4 is 5.88 Å². The number of methoxy groups -OCH3 is 1. The van der Waals surface area contributed by atoms with Crippen LogP contribution in [0.3, 0.4) is 0 Å². The van der Waals surface area contributed by atoms with E-state index in [9.17, 15) is 0 Å². The highest BCUT2D eigenvalue weighted by Crippen LogP contribution is 2.16. The zero-order chi connectivity index (χ0) is 8.27. The fraction of sp³-hybridized carbons (Fsp3) is 0.571. The molecule has 0 aliphatic carbocycles. The maximum Gasteiger partial charge on any atom is 0.229 e. The number of aryl methyl sites for hydroxylation is 1. The molecule has 1 rings (SSSR count). The maximum absolute atomic E-state index is 4.96. The van der Waals surface area contributed by atoms with E-state index in [-0.39, 0.29) is 0 Å². The summed E-state index contributed by atoms with van der Waals surface area (Å²) < 4.78 is 9.77. The Bertz CT molecular complexity index is 232.